The Kier molecular flexibility index (Phi) is 36.8. The highest BCUT2D eigenvalue weighted by molar-refractivity contribution is 14.1. The van der Waals surface area contributed by atoms with E-state index in [1.807, 2.05) is 54.6 Å². The number of pyridine rings is 3. The summed E-state index contributed by atoms with van der Waals surface area (Å²) in [6.45, 7) is 3.53. The van der Waals surface area contributed by atoms with Crippen molar-refractivity contribution in [2.24, 2.45) is 0 Å². The van der Waals surface area contributed by atoms with Crippen LogP contribution >= 0.6 is 130 Å². The molecule has 0 aliphatic carbocycles. The number of rotatable bonds is 16. The number of nitro benzene ring substituents is 1. The summed E-state index contributed by atoms with van der Waals surface area (Å²) in [6.07, 6.45) is 1.32. The van der Waals surface area contributed by atoms with Crippen molar-refractivity contribution in [2.75, 3.05) is 91.3 Å². The molecule has 0 unspecified atom stereocenters. The molecule has 0 aliphatic heterocycles. The number of ether oxygens (including phenoxy) is 8. The molecule has 48 heteroatoms. The summed E-state index contributed by atoms with van der Waals surface area (Å²) in [6, 6.07) is 29.6. The molecule has 0 amide bonds. The van der Waals surface area contributed by atoms with Crippen LogP contribution in [0.5, 0.6) is 11.5 Å². The highest BCUT2D eigenvalue weighted by Crippen LogP contribution is 2.41. The van der Waals surface area contributed by atoms with Gasteiger partial charge < -0.3 is 72.3 Å². The molecule has 0 radical (unpaired) electrons. The minimum Gasteiger partial charge on any atom is -0.491 e. The van der Waals surface area contributed by atoms with Gasteiger partial charge in [0.25, 0.3) is 5.69 Å². The molecule has 0 fully saturated rings. The third-order valence-corrected chi connectivity index (χ3v) is 20.9. The van der Waals surface area contributed by atoms with Crippen LogP contribution in [-0.4, -0.2) is 142 Å². The molecule has 0 spiro atoms. The Morgan fingerprint density at radius 2 is 0.828 bits per heavy atom. The molecule has 6 aromatic carbocycles. The van der Waals surface area contributed by atoms with Crippen LogP contribution in [0.2, 0.25) is 20.1 Å². The zero-order chi connectivity index (χ0) is 95.3. The van der Waals surface area contributed by atoms with Crippen LogP contribution < -0.4 is 43.9 Å². The Morgan fingerprint density at radius 3 is 1.30 bits per heavy atom. The number of benzene rings is 6. The smallest absolute Gasteiger partial charge is 0.360 e. The predicted octanol–water partition coefficient (Wildman–Crippen LogP) is 17.5. The van der Waals surface area contributed by atoms with E-state index in [1.54, 1.807) is 45.2 Å². The number of nitrogens with two attached hydrogens (primary N) is 6. The number of hydrogen-bond donors (Lipinski definition) is 6. The Morgan fingerprint density at radius 1 is 0.430 bits per heavy atom. The van der Waals surface area contributed by atoms with Gasteiger partial charge in [-0.05, 0) is 147 Å². The lowest BCUT2D eigenvalue weighted by Crippen LogP contribution is -2.12. The predicted molar refractivity (Wildman–Crippen MR) is 486 cm³/mol. The molecule has 664 valence electrons. The lowest BCUT2D eigenvalue weighted by atomic mass is 10.1. The second kappa shape index (κ2) is 46.1. The van der Waals surface area contributed by atoms with Crippen LogP contribution in [0.3, 0.4) is 0 Å². The van der Waals surface area contributed by atoms with E-state index < -0.39 is 115 Å². The molecular formula is C80H58BrCl4F7I3N17O16. The Bertz CT molecular complexity index is 6420. The first-order valence-electron chi connectivity index (χ1n) is 34.5. The first-order chi connectivity index (χ1) is 60.6. The van der Waals surface area contributed by atoms with Gasteiger partial charge in [-0.25, -0.2) is 104 Å². The third kappa shape index (κ3) is 24.1. The number of esters is 6. The first kappa shape index (κ1) is 102. The summed E-state index contributed by atoms with van der Waals surface area (Å²) in [4.78, 5) is 116. The molecule has 0 saturated heterocycles. The van der Waals surface area contributed by atoms with E-state index in [9.17, 15) is 69.6 Å². The van der Waals surface area contributed by atoms with E-state index in [-0.39, 0.29) is 136 Å². The Balaban J connectivity index is 0.000000211. The fraction of sp³-hybridized carbons (Fsp3) is 0.100. The highest BCUT2D eigenvalue weighted by Gasteiger charge is 2.30. The summed E-state index contributed by atoms with van der Waals surface area (Å²) >= 11 is 32.4. The minimum absolute atomic E-state index is 0.000388. The number of hydrogen-bond acceptors (Lipinski definition) is 32. The number of non-ortho nitro benzene ring substituents is 1. The van der Waals surface area contributed by atoms with E-state index >= 15 is 0 Å². The van der Waals surface area contributed by atoms with Crippen LogP contribution in [-0.2, 0) is 28.4 Å². The normalized spacial score (nSPS) is 10.3. The van der Waals surface area contributed by atoms with Gasteiger partial charge in [-0.3, -0.25) is 10.1 Å². The molecule has 12 rings (SSSR count). The second-order valence-electron chi connectivity index (χ2n) is 24.1. The molecule has 0 atom stereocenters. The van der Waals surface area contributed by atoms with Gasteiger partial charge in [-0.1, -0.05) is 99.3 Å². The molecular weight excluding hydrogens is 2190 g/mol. The van der Waals surface area contributed by atoms with Gasteiger partial charge in [0.05, 0.1) is 135 Å². The molecule has 12 N–H and O–H groups in total. The van der Waals surface area contributed by atoms with Crippen LogP contribution in [0.15, 0.2) is 126 Å². The third-order valence-electron chi connectivity index (χ3n) is 16.4. The zero-order valence-corrected chi connectivity index (χ0v) is 77.4. The number of carbonyl (C=O) groups is 6. The molecule has 0 aliphatic rings. The van der Waals surface area contributed by atoms with Crippen molar-refractivity contribution in [3.63, 3.8) is 0 Å². The number of nitrogen functional groups attached to an aromatic ring is 6. The summed E-state index contributed by atoms with van der Waals surface area (Å²) in [5.74, 6) is -11.5. The molecule has 12 aromatic rings. The van der Waals surface area contributed by atoms with Crippen molar-refractivity contribution in [3.8, 4) is 85.5 Å². The van der Waals surface area contributed by atoms with Crippen LogP contribution in [0.4, 0.5) is 70.9 Å². The number of aromatic nitrogens is 9. The van der Waals surface area contributed by atoms with Gasteiger partial charge in [0.2, 0.25) is 0 Å². The first-order valence-corrected chi connectivity index (χ1v) is 40.0. The summed E-state index contributed by atoms with van der Waals surface area (Å²) in [5, 5.41) is 18.8. The largest absolute Gasteiger partial charge is 0.491 e. The van der Waals surface area contributed by atoms with E-state index in [0.717, 1.165) is 64.8 Å². The number of halogens is 15. The maximum atomic E-state index is 14.2. The van der Waals surface area contributed by atoms with Gasteiger partial charge in [0.1, 0.15) is 34.7 Å². The second-order valence-corrected chi connectivity index (χ2v) is 30.1. The number of anilines is 6. The fourth-order valence-electron chi connectivity index (χ4n) is 10.2. The molecule has 6 heterocycles. The van der Waals surface area contributed by atoms with Crippen LogP contribution in [0.1, 0.15) is 74.1 Å². The summed E-state index contributed by atoms with van der Waals surface area (Å²) < 4.78 is 137. The van der Waals surface area contributed by atoms with Crippen molar-refractivity contribution in [1.82, 2.24) is 44.9 Å². The van der Waals surface area contributed by atoms with Crippen molar-refractivity contribution >= 4 is 212 Å². The fourth-order valence-corrected chi connectivity index (χ4v) is 12.6. The lowest BCUT2D eigenvalue weighted by molar-refractivity contribution is -0.384. The van der Waals surface area contributed by atoms with Gasteiger partial charge in [-0.15, -0.1) is 0 Å². The standard InChI is InChI=1S/C15H11FN4O2.C13H12BrN3O3.C13H9Cl2IN2O2.C13H7ClF3IN2O2.C13H9ClFN3O4.C13H10F2IN3O3/c1-3-9-12(15(21)22-2)19-14(20-13(9)18)10-5-4-8(7-17)6-11(10)16;1-19-10-9(13(18)20-2)16-12(17-11(10)15)7-3-5-8(14)6-4-7;1-20-13(19)12-9(15)10(17)8(14)11(18-12)6-2-4-7(16)5-3-6;1-22-13(21)12-6(14)10(19)9(17)11(20-12)4-2-3-5(18)8(16)7(4)15;1-22-13(19)12-8(14)10(16)9(15)11(17-12)6-2-4-7(5-3-6)18(20)21;1-21-10-9(13(20)22-2)18-12(19-11(10)17)5-3-7(15)8(16)4-6(5)14/h3-6H,1H2,2H3,(H2,18,19,20);3-6H,1-2H3,(H2,15,16,17);2-5H,1H3,(H2,17,18);2-3H,1H3,(H2,19,20);2-5H,1H3,(H2,16,17);3-4H,1-2H3,(H2,17,18,19). The average molecular weight is 2250 g/mol. The maximum absolute atomic E-state index is 14.2. The van der Waals surface area contributed by atoms with Crippen molar-refractivity contribution in [1.29, 1.82) is 5.26 Å². The zero-order valence-electron chi connectivity index (χ0n) is 66.3. The molecule has 128 heavy (non-hydrogen) atoms. The van der Waals surface area contributed by atoms with Gasteiger partial charge >= 0.3 is 35.8 Å². The SMILES string of the molecule is C=Cc1c(N)nc(-c2ccc(C#N)cc2F)nc1C(=O)OC.COC(=O)c1nc(-c2cc(F)c(I)cc2F)nc(N)c1OC.COC(=O)c1nc(-c2ccc(Br)cc2)nc(N)c1OC.COC(=O)c1nc(-c2ccc(I)c(F)c2F)c(F)c(N)c1Cl.COC(=O)c1nc(-c2ccc(I)cc2)c(Cl)c(N)c1Cl.COC(=O)c1nc(-c2ccc([N+](=O)[O-])cc2)c(F)c(N)c1Cl. The number of carbonyl (C=O) groups excluding carboxylic acids is 6. The number of nitro groups is 1. The van der Waals surface area contributed by atoms with E-state index in [2.05, 4.69) is 118 Å². The van der Waals surface area contributed by atoms with Crippen molar-refractivity contribution in [2.45, 2.75) is 0 Å². The molecule has 33 nitrogen and oxygen atoms in total. The number of methoxy groups -OCH3 is 8. The molecule has 0 bridgehead atoms. The minimum atomic E-state index is -1.31. The quantitative estimate of drug-likeness (QED) is 0.00764. The van der Waals surface area contributed by atoms with Gasteiger partial charge in [0.15, 0.2) is 98.0 Å². The van der Waals surface area contributed by atoms with Gasteiger partial charge in [0, 0.05) is 48.0 Å². The van der Waals surface area contributed by atoms with E-state index in [4.69, 9.17) is 95.5 Å². The van der Waals surface area contributed by atoms with Gasteiger partial charge in [-0.2, -0.15) is 5.26 Å². The molecule has 6 aromatic heterocycles. The lowest BCUT2D eigenvalue weighted by Gasteiger charge is -2.11. The maximum Gasteiger partial charge on any atom is 0.360 e. The van der Waals surface area contributed by atoms with Crippen LogP contribution in [0, 0.1) is 72.9 Å². The number of nitrogens with zero attached hydrogens (tertiary/aromatic N) is 11. The van der Waals surface area contributed by atoms with Crippen LogP contribution in [0.25, 0.3) is 74.0 Å². The van der Waals surface area contributed by atoms with Crippen molar-refractivity contribution < 1.29 is 102 Å². The van der Waals surface area contributed by atoms with E-state index in [0.29, 0.717) is 11.5 Å². The summed E-state index contributed by atoms with van der Waals surface area (Å²) in [7, 11) is 9.68. The Labute approximate surface area is 788 Å². The van der Waals surface area contributed by atoms with Crippen molar-refractivity contribution in [3.05, 3.63) is 253 Å². The summed E-state index contributed by atoms with van der Waals surface area (Å²) in [5.41, 5.74) is 32.6. The highest BCUT2D eigenvalue weighted by atomic mass is 127. The number of nitriles is 1. The molecule has 0 saturated carbocycles. The topological polar surface area (TPSA) is 515 Å². The van der Waals surface area contributed by atoms with E-state index in [1.165, 1.54) is 84.1 Å². The Hall–Kier alpha value is -12.8. The average Bonchev–Trinajstić information content (AvgIpc) is 0.784. The monoisotopic (exact) mass is 2240 g/mol.